The smallest absolute Gasteiger partial charge is 0.276 e. The van der Waals surface area contributed by atoms with Crippen molar-refractivity contribution in [2.45, 2.75) is 5.22 Å². The summed E-state index contributed by atoms with van der Waals surface area (Å²) in [5, 5.41) is 7.65. The summed E-state index contributed by atoms with van der Waals surface area (Å²) in [4.78, 5) is 0. The van der Waals surface area contributed by atoms with Gasteiger partial charge in [-0.3, -0.25) is 0 Å². The highest BCUT2D eigenvalue weighted by atomic mass is 32.2. The average Bonchev–Trinajstić information content (AvgIpc) is 2.14. The van der Waals surface area contributed by atoms with Gasteiger partial charge in [-0.2, -0.15) is 0 Å². The lowest BCUT2D eigenvalue weighted by atomic mass is 11.5. The van der Waals surface area contributed by atoms with Crippen LogP contribution in [0.25, 0.3) is 0 Å². The molecule has 0 aliphatic carbocycles. The fourth-order valence-electron chi connectivity index (χ4n) is 0.252. The van der Waals surface area contributed by atoms with Crippen LogP contribution in [-0.2, 0) is 0 Å². The molecule has 0 saturated heterocycles. The first-order valence-electron chi connectivity index (χ1n) is 1.73. The fraction of sp³-hybridized carbons (Fsp3) is 0.333. The third-order valence-electron chi connectivity index (χ3n) is 0.515. The second-order valence-corrected chi connectivity index (χ2v) is 1.67. The molecule has 1 aromatic rings. The van der Waals surface area contributed by atoms with Crippen molar-refractivity contribution in [1.29, 1.82) is 0 Å². The highest BCUT2D eigenvalue weighted by Crippen LogP contribution is 2.06. The molecule has 0 atom stereocenters. The molecule has 0 amide bonds. The van der Waals surface area contributed by atoms with Crippen molar-refractivity contribution >= 4 is 11.8 Å². The molecule has 3 nitrogen and oxygen atoms in total. The van der Waals surface area contributed by atoms with Crippen molar-refractivity contribution in [2.75, 3.05) is 6.26 Å². The Morgan fingerprint density at radius 2 is 2.71 bits per heavy atom. The molecule has 0 spiro atoms. The van der Waals surface area contributed by atoms with Gasteiger partial charge in [0.25, 0.3) is 5.22 Å². The van der Waals surface area contributed by atoms with Gasteiger partial charge in [0.05, 0.1) is 0 Å². The minimum atomic E-state index is 0.611. The molecule has 0 aliphatic heterocycles. The molecule has 0 aromatic carbocycles. The second-order valence-electron chi connectivity index (χ2n) is 0.909. The number of hydrogen-bond acceptors (Lipinski definition) is 4. The summed E-state index contributed by atoms with van der Waals surface area (Å²) in [6.07, 6.45) is 3.19. The summed E-state index contributed by atoms with van der Waals surface area (Å²) in [5.74, 6) is 0. The van der Waals surface area contributed by atoms with Crippen molar-refractivity contribution in [3.8, 4) is 0 Å². The first-order valence-corrected chi connectivity index (χ1v) is 2.96. The van der Waals surface area contributed by atoms with E-state index in [1.807, 2.05) is 6.26 Å². The van der Waals surface area contributed by atoms with E-state index in [-0.39, 0.29) is 0 Å². The largest absolute Gasteiger partial charge is 0.419 e. The normalized spacial score (nSPS) is 9.29. The molecule has 1 rings (SSSR count). The molecule has 0 aliphatic rings. The van der Waals surface area contributed by atoms with Crippen LogP contribution in [0.15, 0.2) is 16.0 Å². The van der Waals surface area contributed by atoms with E-state index in [9.17, 15) is 0 Å². The predicted octanol–water partition coefficient (Wildman–Crippen LogP) is 0.791. The molecule has 0 radical (unpaired) electrons. The maximum Gasteiger partial charge on any atom is 0.276 e. The van der Waals surface area contributed by atoms with E-state index < -0.39 is 0 Å². The van der Waals surface area contributed by atoms with Crippen LogP contribution in [0.5, 0.6) is 0 Å². The highest BCUT2D eigenvalue weighted by Gasteiger charge is 1.89. The van der Waals surface area contributed by atoms with E-state index in [0.717, 1.165) is 0 Å². The van der Waals surface area contributed by atoms with Crippen molar-refractivity contribution < 1.29 is 4.42 Å². The molecule has 0 fully saturated rings. The van der Waals surface area contributed by atoms with Gasteiger partial charge < -0.3 is 4.42 Å². The van der Waals surface area contributed by atoms with Gasteiger partial charge in [0.2, 0.25) is 6.39 Å². The van der Waals surface area contributed by atoms with Gasteiger partial charge in [-0.15, -0.1) is 10.2 Å². The van der Waals surface area contributed by atoms with Crippen LogP contribution in [0.4, 0.5) is 0 Å². The molecule has 0 unspecified atom stereocenters. The summed E-state index contributed by atoms with van der Waals surface area (Å²) in [7, 11) is 0. The lowest BCUT2D eigenvalue weighted by Gasteiger charge is -1.74. The van der Waals surface area contributed by atoms with Crippen molar-refractivity contribution in [3.63, 3.8) is 0 Å². The van der Waals surface area contributed by atoms with Crippen molar-refractivity contribution in [1.82, 2.24) is 10.2 Å². The Kier molecular flexibility index (Phi) is 1.31. The van der Waals surface area contributed by atoms with Gasteiger partial charge in [-0.05, 0) is 6.26 Å². The molecule has 0 N–H and O–H groups in total. The number of thioether (sulfide) groups is 1. The summed E-state index contributed by atoms with van der Waals surface area (Å²) >= 11 is 1.44. The van der Waals surface area contributed by atoms with Gasteiger partial charge in [0.1, 0.15) is 0 Å². The third kappa shape index (κ3) is 0.928. The molecular formula is C3H4N2OS. The number of rotatable bonds is 1. The molecule has 38 valence electrons. The minimum absolute atomic E-state index is 0.611. The lowest BCUT2D eigenvalue weighted by molar-refractivity contribution is 0.454. The van der Waals surface area contributed by atoms with Crippen molar-refractivity contribution in [2.24, 2.45) is 0 Å². The standard InChI is InChI=1S/C3H4N2OS/c1-7-3-5-4-2-6-3/h2H,1H3. The summed E-state index contributed by atoms with van der Waals surface area (Å²) in [6, 6.07) is 0. The van der Waals surface area contributed by atoms with Crippen LogP contribution < -0.4 is 0 Å². The first-order chi connectivity index (χ1) is 3.43. The SMILES string of the molecule is CSc1nnco1. The predicted molar refractivity (Wildman–Crippen MR) is 26.1 cm³/mol. The van der Waals surface area contributed by atoms with E-state index in [4.69, 9.17) is 4.42 Å². The molecule has 1 aromatic heterocycles. The minimum Gasteiger partial charge on any atom is -0.419 e. The first kappa shape index (κ1) is 4.64. The quantitative estimate of drug-likeness (QED) is 0.508. The van der Waals surface area contributed by atoms with Crippen molar-refractivity contribution in [3.05, 3.63) is 6.39 Å². The zero-order valence-corrected chi connectivity index (χ0v) is 4.60. The van der Waals surface area contributed by atoms with Crippen LogP contribution in [0.3, 0.4) is 0 Å². The lowest BCUT2D eigenvalue weighted by Crippen LogP contribution is -1.65. The van der Waals surface area contributed by atoms with E-state index in [1.165, 1.54) is 18.2 Å². The number of nitrogens with zero attached hydrogens (tertiary/aromatic N) is 2. The Morgan fingerprint density at radius 3 is 3.00 bits per heavy atom. The Morgan fingerprint density at radius 1 is 1.86 bits per heavy atom. The summed E-state index contributed by atoms with van der Waals surface area (Å²) in [6.45, 7) is 0. The maximum atomic E-state index is 4.72. The fourth-order valence-corrected chi connectivity index (χ4v) is 0.520. The van der Waals surface area contributed by atoms with E-state index >= 15 is 0 Å². The van der Waals surface area contributed by atoms with Gasteiger partial charge >= 0.3 is 0 Å². The van der Waals surface area contributed by atoms with Crippen LogP contribution in [-0.4, -0.2) is 16.5 Å². The Hall–Kier alpha value is -0.510. The van der Waals surface area contributed by atoms with E-state index in [2.05, 4.69) is 10.2 Å². The van der Waals surface area contributed by atoms with Gasteiger partial charge in [-0.25, -0.2) is 0 Å². The van der Waals surface area contributed by atoms with E-state index in [0.29, 0.717) is 5.22 Å². The Balaban J connectivity index is 2.76. The number of aromatic nitrogens is 2. The Labute approximate surface area is 45.1 Å². The summed E-state index contributed by atoms with van der Waals surface area (Å²) in [5.41, 5.74) is 0. The molecule has 4 heteroatoms. The molecule has 7 heavy (non-hydrogen) atoms. The zero-order chi connectivity index (χ0) is 5.11. The monoisotopic (exact) mass is 116 g/mol. The van der Waals surface area contributed by atoms with Crippen LogP contribution in [0.1, 0.15) is 0 Å². The zero-order valence-electron chi connectivity index (χ0n) is 3.79. The van der Waals surface area contributed by atoms with Crippen LogP contribution in [0.2, 0.25) is 0 Å². The molecule has 0 saturated carbocycles. The van der Waals surface area contributed by atoms with Crippen LogP contribution >= 0.6 is 11.8 Å². The van der Waals surface area contributed by atoms with Gasteiger partial charge in [-0.1, -0.05) is 11.8 Å². The highest BCUT2D eigenvalue weighted by molar-refractivity contribution is 7.98. The Bertz CT molecular complexity index is 127. The number of hydrogen-bond donors (Lipinski definition) is 0. The molecular weight excluding hydrogens is 112 g/mol. The van der Waals surface area contributed by atoms with Gasteiger partial charge in [0.15, 0.2) is 0 Å². The topological polar surface area (TPSA) is 38.9 Å². The molecule has 0 bridgehead atoms. The van der Waals surface area contributed by atoms with Crippen LogP contribution in [0, 0.1) is 0 Å². The third-order valence-corrected chi connectivity index (χ3v) is 1.04. The molecule has 1 heterocycles. The van der Waals surface area contributed by atoms with Gasteiger partial charge in [0, 0.05) is 0 Å². The second kappa shape index (κ2) is 1.97. The van der Waals surface area contributed by atoms with E-state index in [1.54, 1.807) is 0 Å². The average molecular weight is 116 g/mol. The maximum absolute atomic E-state index is 4.72. The summed E-state index contributed by atoms with van der Waals surface area (Å²) < 4.78 is 4.72.